The van der Waals surface area contributed by atoms with Gasteiger partial charge < -0.3 is 4.74 Å². The molecule has 6 heteroatoms. The number of halogens is 1. The predicted octanol–water partition coefficient (Wildman–Crippen LogP) is 1.55. The molecule has 0 amide bonds. The summed E-state index contributed by atoms with van der Waals surface area (Å²) in [5.41, 5.74) is 0. The molecule has 0 aromatic carbocycles. The third-order valence-electron chi connectivity index (χ3n) is 1.83. The molecule has 4 nitrogen and oxygen atoms in total. The lowest BCUT2D eigenvalue weighted by Gasteiger charge is -2.06. The van der Waals surface area contributed by atoms with Gasteiger partial charge in [0.15, 0.2) is 0 Å². The monoisotopic (exact) mass is 349 g/mol. The minimum absolute atomic E-state index is 0.0626. The van der Waals surface area contributed by atoms with E-state index in [2.05, 4.69) is 27.3 Å². The number of alkyl halides is 1. The van der Waals surface area contributed by atoms with Crippen molar-refractivity contribution in [1.82, 2.24) is 4.72 Å². The molecule has 0 aliphatic rings. The van der Waals surface area contributed by atoms with E-state index in [1.165, 1.54) is 0 Å². The molecule has 0 atom stereocenters. The Kier molecular flexibility index (Phi) is 10.2. The van der Waals surface area contributed by atoms with E-state index in [0.717, 1.165) is 23.7 Å². The highest BCUT2D eigenvalue weighted by Gasteiger charge is 2.08. The summed E-state index contributed by atoms with van der Waals surface area (Å²) < 4.78 is 31.4. The zero-order chi connectivity index (χ0) is 11.6. The smallest absolute Gasteiger partial charge is 0.213 e. The molecule has 0 unspecified atom stereocenters. The molecular formula is C9H20INO3S. The topological polar surface area (TPSA) is 55.4 Å². The van der Waals surface area contributed by atoms with Crippen LogP contribution in [0.15, 0.2) is 0 Å². The lowest BCUT2D eigenvalue weighted by Crippen LogP contribution is -2.29. The van der Waals surface area contributed by atoms with E-state index in [1.807, 2.05) is 6.92 Å². The molecule has 0 heterocycles. The number of hydrogen-bond acceptors (Lipinski definition) is 3. The Morgan fingerprint density at radius 1 is 1.27 bits per heavy atom. The van der Waals surface area contributed by atoms with Crippen molar-refractivity contribution in [1.29, 1.82) is 0 Å². The van der Waals surface area contributed by atoms with Gasteiger partial charge in [0.25, 0.3) is 0 Å². The Hall–Kier alpha value is 0.600. The third kappa shape index (κ3) is 10.9. The van der Waals surface area contributed by atoms with Crippen LogP contribution in [0, 0.1) is 0 Å². The number of sulfonamides is 1. The standard InChI is InChI=1S/C9H20INO3S/c1-2-14-8-9-15(12,13)11-7-5-3-4-6-10/h11H,2-9H2,1H3. The second-order valence-corrected chi connectivity index (χ2v) is 6.16. The molecule has 0 aliphatic carbocycles. The highest BCUT2D eigenvalue weighted by Crippen LogP contribution is 1.98. The van der Waals surface area contributed by atoms with E-state index < -0.39 is 10.0 Å². The van der Waals surface area contributed by atoms with E-state index in [4.69, 9.17) is 4.74 Å². The summed E-state index contributed by atoms with van der Waals surface area (Å²) in [4.78, 5) is 0. The van der Waals surface area contributed by atoms with Gasteiger partial charge in [-0.1, -0.05) is 29.0 Å². The molecule has 92 valence electrons. The van der Waals surface area contributed by atoms with Crippen LogP contribution < -0.4 is 4.72 Å². The van der Waals surface area contributed by atoms with Crippen LogP contribution >= 0.6 is 22.6 Å². The average Bonchev–Trinajstić information content (AvgIpc) is 2.17. The lowest BCUT2D eigenvalue weighted by atomic mass is 10.3. The molecule has 0 aromatic rings. The van der Waals surface area contributed by atoms with Crippen LogP contribution in [0.3, 0.4) is 0 Å². The zero-order valence-corrected chi connectivity index (χ0v) is 12.1. The first-order chi connectivity index (χ1) is 7.12. The minimum atomic E-state index is -3.12. The Balaban J connectivity index is 3.47. The van der Waals surface area contributed by atoms with Gasteiger partial charge in [0.1, 0.15) is 0 Å². The summed E-state index contributed by atoms with van der Waals surface area (Å²) in [5.74, 6) is 0.0626. The van der Waals surface area contributed by atoms with Gasteiger partial charge in [-0.2, -0.15) is 0 Å². The number of unbranched alkanes of at least 4 members (excludes halogenated alkanes) is 2. The molecule has 0 aliphatic heterocycles. The van der Waals surface area contributed by atoms with Gasteiger partial charge >= 0.3 is 0 Å². The quantitative estimate of drug-likeness (QED) is 0.370. The molecule has 0 saturated carbocycles. The maximum atomic E-state index is 11.3. The number of rotatable bonds is 10. The van der Waals surface area contributed by atoms with Gasteiger partial charge in [0.2, 0.25) is 10.0 Å². The van der Waals surface area contributed by atoms with Crippen LogP contribution in [0.2, 0.25) is 0 Å². The third-order valence-corrected chi connectivity index (χ3v) is 3.94. The Morgan fingerprint density at radius 3 is 2.60 bits per heavy atom. The van der Waals surface area contributed by atoms with Crippen molar-refractivity contribution in [2.75, 3.05) is 29.9 Å². The van der Waals surface area contributed by atoms with Crippen LogP contribution in [0.25, 0.3) is 0 Å². The fourth-order valence-corrected chi connectivity index (χ4v) is 2.49. The van der Waals surface area contributed by atoms with Crippen molar-refractivity contribution >= 4 is 32.6 Å². The van der Waals surface area contributed by atoms with E-state index in [-0.39, 0.29) is 12.4 Å². The molecule has 0 fully saturated rings. The molecule has 0 rings (SSSR count). The van der Waals surface area contributed by atoms with Gasteiger partial charge in [-0.15, -0.1) is 0 Å². The lowest BCUT2D eigenvalue weighted by molar-refractivity contribution is 0.163. The summed E-state index contributed by atoms with van der Waals surface area (Å²) >= 11 is 2.32. The van der Waals surface area contributed by atoms with Gasteiger partial charge in [-0.3, -0.25) is 0 Å². The molecule has 0 saturated heterocycles. The summed E-state index contributed by atoms with van der Waals surface area (Å²) in [6, 6.07) is 0. The van der Waals surface area contributed by atoms with Crippen molar-refractivity contribution in [3.63, 3.8) is 0 Å². The normalized spacial score (nSPS) is 11.9. The van der Waals surface area contributed by atoms with E-state index in [0.29, 0.717) is 13.2 Å². The van der Waals surface area contributed by atoms with Gasteiger partial charge in [-0.05, 0) is 24.2 Å². The summed E-state index contributed by atoms with van der Waals surface area (Å²) in [6.07, 6.45) is 3.15. The largest absolute Gasteiger partial charge is 0.381 e. The van der Waals surface area contributed by atoms with Crippen molar-refractivity contribution in [2.24, 2.45) is 0 Å². The first-order valence-corrected chi connectivity index (χ1v) is 8.41. The van der Waals surface area contributed by atoms with Crippen LogP contribution in [-0.4, -0.2) is 38.4 Å². The highest BCUT2D eigenvalue weighted by atomic mass is 127. The SMILES string of the molecule is CCOCCS(=O)(=O)NCCCCCI. The zero-order valence-electron chi connectivity index (χ0n) is 9.17. The second-order valence-electron chi connectivity index (χ2n) is 3.16. The minimum Gasteiger partial charge on any atom is -0.381 e. The van der Waals surface area contributed by atoms with E-state index in [9.17, 15) is 8.42 Å². The Labute approximate surface area is 106 Å². The van der Waals surface area contributed by atoms with Crippen molar-refractivity contribution in [3.8, 4) is 0 Å². The van der Waals surface area contributed by atoms with E-state index in [1.54, 1.807) is 0 Å². The van der Waals surface area contributed by atoms with Crippen LogP contribution in [0.4, 0.5) is 0 Å². The predicted molar refractivity (Wildman–Crippen MR) is 71.0 cm³/mol. The molecule has 1 N–H and O–H groups in total. The number of ether oxygens (including phenoxy) is 1. The fraction of sp³-hybridized carbons (Fsp3) is 1.00. The molecular weight excluding hydrogens is 329 g/mol. The molecule has 0 aromatic heterocycles. The van der Waals surface area contributed by atoms with Gasteiger partial charge in [0.05, 0.1) is 12.4 Å². The van der Waals surface area contributed by atoms with Crippen LogP contribution in [0.1, 0.15) is 26.2 Å². The maximum absolute atomic E-state index is 11.3. The van der Waals surface area contributed by atoms with Gasteiger partial charge in [-0.25, -0.2) is 13.1 Å². The average molecular weight is 349 g/mol. The van der Waals surface area contributed by atoms with E-state index >= 15 is 0 Å². The maximum Gasteiger partial charge on any atom is 0.213 e. The number of nitrogens with one attached hydrogen (secondary N) is 1. The first-order valence-electron chi connectivity index (χ1n) is 5.23. The number of hydrogen-bond donors (Lipinski definition) is 1. The first kappa shape index (κ1) is 15.6. The molecule has 0 bridgehead atoms. The molecule has 0 spiro atoms. The second kappa shape index (κ2) is 9.80. The van der Waals surface area contributed by atoms with Gasteiger partial charge in [0, 0.05) is 13.2 Å². The summed E-state index contributed by atoms with van der Waals surface area (Å²) in [5, 5.41) is 0. The van der Waals surface area contributed by atoms with Crippen LogP contribution in [0.5, 0.6) is 0 Å². The highest BCUT2D eigenvalue weighted by molar-refractivity contribution is 14.1. The Bertz CT molecular complexity index is 232. The fourth-order valence-electron chi connectivity index (χ4n) is 1.01. The van der Waals surface area contributed by atoms with Crippen molar-refractivity contribution in [2.45, 2.75) is 26.2 Å². The summed E-state index contributed by atoms with van der Waals surface area (Å²) in [6.45, 7) is 3.24. The Morgan fingerprint density at radius 2 is 2.00 bits per heavy atom. The molecule has 0 radical (unpaired) electrons. The molecule has 15 heavy (non-hydrogen) atoms. The van der Waals surface area contributed by atoms with Crippen molar-refractivity contribution in [3.05, 3.63) is 0 Å². The summed E-state index contributed by atoms with van der Waals surface area (Å²) in [7, 11) is -3.12. The van der Waals surface area contributed by atoms with Crippen molar-refractivity contribution < 1.29 is 13.2 Å². The van der Waals surface area contributed by atoms with Crippen LogP contribution in [-0.2, 0) is 14.8 Å².